The molecule has 1 aliphatic rings. The topological polar surface area (TPSA) is 40.0 Å². The Morgan fingerprint density at radius 1 is 1.38 bits per heavy atom. The first-order valence-corrected chi connectivity index (χ1v) is 7.83. The van der Waals surface area contributed by atoms with E-state index < -0.39 is 0 Å². The van der Waals surface area contributed by atoms with Crippen molar-refractivity contribution in [2.24, 2.45) is 0 Å². The summed E-state index contributed by atoms with van der Waals surface area (Å²) in [6.07, 6.45) is 2.37. The highest BCUT2D eigenvalue weighted by Crippen LogP contribution is 2.21. The lowest BCUT2D eigenvalue weighted by molar-refractivity contribution is -0.915. The molecule has 1 aliphatic heterocycles. The molecular weight excluding hydrogens is 290 g/mol. The number of aldehydes is 1. The first-order chi connectivity index (χ1) is 10.1. The molecule has 0 amide bonds. The summed E-state index contributed by atoms with van der Waals surface area (Å²) in [5, 5.41) is 0.546. The average Bonchev–Trinajstić information content (AvgIpc) is 2.43. The van der Waals surface area contributed by atoms with Gasteiger partial charge in [-0.3, -0.25) is 4.79 Å². The van der Waals surface area contributed by atoms with Crippen molar-refractivity contribution in [3.05, 3.63) is 28.8 Å². The van der Waals surface area contributed by atoms with E-state index in [0.29, 0.717) is 35.2 Å². The van der Waals surface area contributed by atoms with Crippen molar-refractivity contribution in [3.63, 3.8) is 0 Å². The van der Waals surface area contributed by atoms with Gasteiger partial charge in [0, 0.05) is 11.4 Å². The molecule has 0 aliphatic carbocycles. The molecule has 1 aromatic carbocycles. The number of rotatable bonds is 6. The Morgan fingerprint density at radius 2 is 2.10 bits per heavy atom. The van der Waals surface area contributed by atoms with Crippen molar-refractivity contribution in [2.75, 3.05) is 26.2 Å². The fraction of sp³-hybridized carbons (Fsp3) is 0.562. The zero-order valence-electron chi connectivity index (χ0n) is 12.6. The average molecular weight is 313 g/mol. The molecule has 4 nitrogen and oxygen atoms in total. The van der Waals surface area contributed by atoms with E-state index in [1.807, 2.05) is 0 Å². The summed E-state index contributed by atoms with van der Waals surface area (Å²) in [6, 6.07) is 5.11. The van der Waals surface area contributed by atoms with Crippen LogP contribution in [0.15, 0.2) is 18.2 Å². The summed E-state index contributed by atoms with van der Waals surface area (Å²) >= 11 is 5.86. The number of benzene rings is 1. The highest BCUT2D eigenvalue weighted by atomic mass is 35.5. The Morgan fingerprint density at radius 3 is 2.76 bits per heavy atom. The minimum atomic E-state index is 0.322. The highest BCUT2D eigenvalue weighted by Gasteiger charge is 2.24. The van der Waals surface area contributed by atoms with E-state index in [4.69, 9.17) is 21.1 Å². The van der Waals surface area contributed by atoms with Gasteiger partial charge in [0.05, 0.1) is 18.7 Å². The summed E-state index contributed by atoms with van der Waals surface area (Å²) in [5.74, 6) is 0.605. The number of hydrogen-bond acceptors (Lipinski definition) is 3. The predicted molar refractivity (Wildman–Crippen MR) is 82.5 cm³/mol. The number of nitrogens with one attached hydrogen (secondary N) is 1. The molecule has 0 aromatic heterocycles. The van der Waals surface area contributed by atoms with Gasteiger partial charge in [-0.1, -0.05) is 11.6 Å². The van der Waals surface area contributed by atoms with E-state index in [0.717, 1.165) is 32.3 Å². The Hall–Kier alpha value is -1.10. The summed E-state index contributed by atoms with van der Waals surface area (Å²) in [5.41, 5.74) is 0.503. The van der Waals surface area contributed by atoms with Crippen molar-refractivity contribution in [3.8, 4) is 5.75 Å². The molecule has 1 heterocycles. The van der Waals surface area contributed by atoms with E-state index in [-0.39, 0.29) is 0 Å². The molecule has 1 fully saturated rings. The Balaban J connectivity index is 1.76. The van der Waals surface area contributed by atoms with Gasteiger partial charge in [-0.05, 0) is 32.0 Å². The summed E-state index contributed by atoms with van der Waals surface area (Å²) in [6.45, 7) is 8.00. The molecule has 1 saturated heterocycles. The second-order valence-corrected chi connectivity index (χ2v) is 6.10. The SMILES string of the molecule is C[C@@H]1C[NH+](CCCOc2ccc(Cl)cc2C=O)C[C@@H](C)O1. The van der Waals surface area contributed by atoms with Crippen molar-refractivity contribution < 1.29 is 19.2 Å². The summed E-state index contributed by atoms with van der Waals surface area (Å²) in [7, 11) is 0. The lowest BCUT2D eigenvalue weighted by Crippen LogP contribution is -3.15. The molecule has 21 heavy (non-hydrogen) atoms. The third-order valence-corrected chi connectivity index (χ3v) is 3.88. The van der Waals surface area contributed by atoms with E-state index >= 15 is 0 Å². The molecule has 0 spiro atoms. The fourth-order valence-electron chi connectivity index (χ4n) is 2.84. The van der Waals surface area contributed by atoms with Gasteiger partial charge in [-0.2, -0.15) is 0 Å². The number of carbonyl (C=O) groups excluding carboxylic acids is 1. The third kappa shape index (κ3) is 4.99. The van der Waals surface area contributed by atoms with Crippen LogP contribution in [-0.2, 0) is 4.74 Å². The summed E-state index contributed by atoms with van der Waals surface area (Å²) in [4.78, 5) is 12.5. The van der Waals surface area contributed by atoms with Crippen LogP contribution in [0.2, 0.25) is 5.02 Å². The monoisotopic (exact) mass is 312 g/mol. The van der Waals surface area contributed by atoms with Gasteiger partial charge in [-0.15, -0.1) is 0 Å². The van der Waals surface area contributed by atoms with Crippen LogP contribution in [0.4, 0.5) is 0 Å². The highest BCUT2D eigenvalue weighted by molar-refractivity contribution is 6.30. The lowest BCUT2D eigenvalue weighted by atomic mass is 10.2. The molecule has 0 radical (unpaired) electrons. The third-order valence-electron chi connectivity index (χ3n) is 3.65. The number of halogens is 1. The summed E-state index contributed by atoms with van der Waals surface area (Å²) < 4.78 is 11.4. The zero-order chi connectivity index (χ0) is 15.2. The first kappa shape index (κ1) is 16.3. The Bertz CT molecular complexity index is 471. The Labute approximate surface area is 131 Å². The minimum Gasteiger partial charge on any atom is -0.493 e. The van der Waals surface area contributed by atoms with Crippen LogP contribution in [0.25, 0.3) is 0 Å². The van der Waals surface area contributed by atoms with Gasteiger partial charge in [0.15, 0.2) is 6.29 Å². The lowest BCUT2D eigenvalue weighted by Gasteiger charge is -2.32. The molecule has 1 aromatic rings. The van der Waals surface area contributed by atoms with E-state index in [2.05, 4.69) is 13.8 Å². The molecular formula is C16H23ClNO3+. The quantitative estimate of drug-likeness (QED) is 0.641. The molecule has 2 rings (SSSR count). The van der Waals surface area contributed by atoms with Crippen LogP contribution in [0.3, 0.4) is 0 Å². The van der Waals surface area contributed by atoms with Crippen molar-refractivity contribution >= 4 is 17.9 Å². The van der Waals surface area contributed by atoms with E-state index in [1.165, 1.54) is 0 Å². The van der Waals surface area contributed by atoms with Gasteiger partial charge in [0.25, 0.3) is 0 Å². The van der Waals surface area contributed by atoms with Gasteiger partial charge < -0.3 is 14.4 Å². The van der Waals surface area contributed by atoms with Gasteiger partial charge in [0.2, 0.25) is 0 Å². The molecule has 5 heteroatoms. The van der Waals surface area contributed by atoms with Crippen LogP contribution < -0.4 is 9.64 Å². The maximum atomic E-state index is 11.0. The molecule has 0 unspecified atom stereocenters. The van der Waals surface area contributed by atoms with Crippen LogP contribution in [0, 0.1) is 0 Å². The first-order valence-electron chi connectivity index (χ1n) is 7.45. The van der Waals surface area contributed by atoms with Gasteiger partial charge >= 0.3 is 0 Å². The van der Waals surface area contributed by atoms with E-state index in [1.54, 1.807) is 23.1 Å². The number of ether oxygens (including phenoxy) is 2. The molecule has 1 N–H and O–H groups in total. The number of morpholine rings is 1. The van der Waals surface area contributed by atoms with Crippen LogP contribution >= 0.6 is 11.6 Å². The van der Waals surface area contributed by atoms with Crippen LogP contribution in [-0.4, -0.2) is 44.7 Å². The van der Waals surface area contributed by atoms with Crippen LogP contribution in [0.1, 0.15) is 30.6 Å². The van der Waals surface area contributed by atoms with Gasteiger partial charge in [0.1, 0.15) is 31.0 Å². The normalized spacial score (nSPS) is 25.6. The zero-order valence-corrected chi connectivity index (χ0v) is 13.4. The van der Waals surface area contributed by atoms with Gasteiger partial charge in [-0.25, -0.2) is 0 Å². The molecule has 0 saturated carbocycles. The predicted octanol–water partition coefficient (Wildman–Crippen LogP) is 1.61. The largest absolute Gasteiger partial charge is 0.493 e. The van der Waals surface area contributed by atoms with Crippen molar-refractivity contribution in [2.45, 2.75) is 32.5 Å². The van der Waals surface area contributed by atoms with Crippen molar-refractivity contribution in [1.82, 2.24) is 0 Å². The Kier molecular flexibility index (Phi) is 6.03. The number of quaternary nitrogens is 1. The fourth-order valence-corrected chi connectivity index (χ4v) is 3.02. The maximum absolute atomic E-state index is 11.0. The molecule has 116 valence electrons. The smallest absolute Gasteiger partial charge is 0.153 e. The molecule has 0 bridgehead atoms. The van der Waals surface area contributed by atoms with Crippen molar-refractivity contribution in [1.29, 1.82) is 0 Å². The second-order valence-electron chi connectivity index (χ2n) is 5.67. The van der Waals surface area contributed by atoms with E-state index in [9.17, 15) is 4.79 Å². The minimum absolute atomic E-state index is 0.322. The molecule has 2 atom stereocenters. The maximum Gasteiger partial charge on any atom is 0.153 e. The standard InChI is InChI=1S/C16H22ClNO3/c1-12-9-18(10-13(2)21-12)6-3-7-20-16-5-4-15(17)8-14(16)11-19/h4-5,8,11-13H,3,6-7,9-10H2,1-2H3/p+1/t12-,13-/m1/s1. The van der Waals surface area contributed by atoms with Crippen LogP contribution in [0.5, 0.6) is 5.75 Å². The second kappa shape index (κ2) is 7.78. The number of carbonyl (C=O) groups is 1. The number of hydrogen-bond donors (Lipinski definition) is 1.